The Labute approximate surface area is 152 Å². The maximum Gasteiger partial charge on any atom is 0.420 e. The Balaban J connectivity index is 2.62. The fourth-order valence-electron chi connectivity index (χ4n) is 2.65. The second kappa shape index (κ2) is 7.58. The summed E-state index contributed by atoms with van der Waals surface area (Å²) in [6.45, 7) is 1.90. The first kappa shape index (κ1) is 20.7. The van der Waals surface area contributed by atoms with Crippen LogP contribution >= 0.6 is 0 Å². The Bertz CT molecular complexity index is 779. The van der Waals surface area contributed by atoms with E-state index in [1.54, 1.807) is 7.05 Å². The van der Waals surface area contributed by atoms with E-state index in [0.717, 1.165) is 12.0 Å². The van der Waals surface area contributed by atoms with E-state index in [4.69, 9.17) is 10.5 Å². The minimum atomic E-state index is -5.07. The van der Waals surface area contributed by atoms with Gasteiger partial charge in [0.25, 0.3) is 0 Å². The molecule has 0 radical (unpaired) electrons. The average molecular weight is 392 g/mol. The smallest absolute Gasteiger partial charge is 0.420 e. The number of hydrogen-bond donors (Lipinski definition) is 2. The highest BCUT2D eigenvalue weighted by Crippen LogP contribution is 2.47. The Hall–Kier alpha value is -2.58. The normalized spacial score (nSPS) is 12.1. The molecule has 3 nitrogen and oxygen atoms in total. The molecule has 3 N–H and O–H groups in total. The molecule has 0 unspecified atom stereocenters. The van der Waals surface area contributed by atoms with Gasteiger partial charge in [0.05, 0.1) is 0 Å². The molecule has 2 rings (SSSR count). The summed E-state index contributed by atoms with van der Waals surface area (Å²) >= 11 is 0. The van der Waals surface area contributed by atoms with E-state index < -0.39 is 34.9 Å². The number of anilines is 2. The summed E-state index contributed by atoms with van der Waals surface area (Å²) in [5.74, 6) is -1.44. The maximum absolute atomic E-state index is 13.3. The van der Waals surface area contributed by atoms with Crippen LogP contribution in [0.15, 0.2) is 30.3 Å². The summed E-state index contributed by atoms with van der Waals surface area (Å²) in [5.41, 5.74) is 2.87. The van der Waals surface area contributed by atoms with E-state index in [-0.39, 0.29) is 5.75 Å². The van der Waals surface area contributed by atoms with Crippen molar-refractivity contribution in [2.24, 2.45) is 0 Å². The summed E-state index contributed by atoms with van der Waals surface area (Å²) in [5, 5.41) is 2.92. The largest absolute Gasteiger partial charge is 0.456 e. The Morgan fingerprint density at radius 1 is 0.963 bits per heavy atom. The molecule has 0 aliphatic heterocycles. The second-order valence-corrected chi connectivity index (χ2v) is 5.86. The van der Waals surface area contributed by atoms with Crippen molar-refractivity contribution in [2.45, 2.75) is 32.1 Å². The number of nitrogens with two attached hydrogens (primary N) is 1. The van der Waals surface area contributed by atoms with E-state index in [9.17, 15) is 26.3 Å². The number of nitrogen functional groups attached to an aromatic ring is 1. The average Bonchev–Trinajstić information content (AvgIpc) is 2.55. The summed E-state index contributed by atoms with van der Waals surface area (Å²) < 4.78 is 84.9. The number of halogens is 6. The van der Waals surface area contributed by atoms with Gasteiger partial charge in [0, 0.05) is 18.4 Å². The molecule has 2 aromatic carbocycles. The lowest BCUT2D eigenvalue weighted by Crippen LogP contribution is -2.15. The molecule has 0 fully saturated rings. The summed E-state index contributed by atoms with van der Waals surface area (Å²) in [6, 6.07) is 5.13. The van der Waals surface area contributed by atoms with Crippen molar-refractivity contribution in [1.82, 2.24) is 0 Å². The van der Waals surface area contributed by atoms with Crippen LogP contribution in [0.25, 0.3) is 0 Å². The van der Waals surface area contributed by atoms with Gasteiger partial charge in [-0.2, -0.15) is 26.3 Å². The lowest BCUT2D eigenvalue weighted by molar-refractivity contribution is -0.144. The first-order valence-electron chi connectivity index (χ1n) is 8.03. The van der Waals surface area contributed by atoms with Crippen LogP contribution in [-0.4, -0.2) is 7.05 Å². The minimum Gasteiger partial charge on any atom is -0.456 e. The van der Waals surface area contributed by atoms with Crippen molar-refractivity contribution in [2.75, 3.05) is 18.1 Å². The third kappa shape index (κ3) is 4.78. The predicted molar refractivity (Wildman–Crippen MR) is 90.9 cm³/mol. The van der Waals surface area contributed by atoms with Gasteiger partial charge in [-0.3, -0.25) is 0 Å². The van der Waals surface area contributed by atoms with E-state index in [1.165, 1.54) is 18.2 Å². The number of aryl methyl sites for hydroxylation is 1. The van der Waals surface area contributed by atoms with Gasteiger partial charge in [-0.25, -0.2) is 0 Å². The molecule has 0 bridgehead atoms. The van der Waals surface area contributed by atoms with Gasteiger partial charge < -0.3 is 15.8 Å². The van der Waals surface area contributed by atoms with Crippen LogP contribution in [-0.2, 0) is 18.8 Å². The van der Waals surface area contributed by atoms with Crippen LogP contribution < -0.4 is 15.8 Å². The SMILES string of the molecule is CCCc1cc(Oc2c(C(F)(F)F)cc(N)cc2C(F)(F)F)ccc1NC. The molecule has 27 heavy (non-hydrogen) atoms. The van der Waals surface area contributed by atoms with Crippen molar-refractivity contribution < 1.29 is 31.1 Å². The molecule has 0 amide bonds. The number of rotatable bonds is 5. The lowest BCUT2D eigenvalue weighted by atomic mass is 10.1. The fraction of sp³-hybridized carbons (Fsp3) is 0.333. The molecule has 148 valence electrons. The van der Waals surface area contributed by atoms with Crippen molar-refractivity contribution in [3.05, 3.63) is 47.0 Å². The van der Waals surface area contributed by atoms with Crippen LogP contribution in [0, 0.1) is 0 Å². The Morgan fingerprint density at radius 2 is 1.52 bits per heavy atom. The van der Waals surface area contributed by atoms with Crippen molar-refractivity contribution in [3.8, 4) is 11.5 Å². The van der Waals surface area contributed by atoms with Crippen molar-refractivity contribution in [3.63, 3.8) is 0 Å². The third-order valence-electron chi connectivity index (χ3n) is 3.81. The first-order valence-corrected chi connectivity index (χ1v) is 8.03. The topological polar surface area (TPSA) is 47.3 Å². The predicted octanol–water partition coefficient (Wildman–Crippen LogP) is 6.09. The number of hydrogen-bond acceptors (Lipinski definition) is 3. The quantitative estimate of drug-likeness (QED) is 0.478. The zero-order valence-corrected chi connectivity index (χ0v) is 14.6. The zero-order valence-electron chi connectivity index (χ0n) is 14.6. The standard InChI is InChI=1S/C18H18F6N2O/c1-3-4-10-7-12(5-6-15(10)26-2)27-16-13(17(19,20)21)8-11(25)9-14(16)18(22,23)24/h5-9,26H,3-4,25H2,1-2H3. The highest BCUT2D eigenvalue weighted by atomic mass is 19.4. The highest BCUT2D eigenvalue weighted by molar-refractivity contribution is 5.58. The molecular formula is C18H18F6N2O. The van der Waals surface area contributed by atoms with Gasteiger partial charge >= 0.3 is 12.4 Å². The van der Waals surface area contributed by atoms with Gasteiger partial charge in [0.15, 0.2) is 5.75 Å². The molecular weight excluding hydrogens is 374 g/mol. The molecule has 0 aliphatic rings. The second-order valence-electron chi connectivity index (χ2n) is 5.86. The first-order chi connectivity index (χ1) is 12.5. The summed E-state index contributed by atoms with van der Waals surface area (Å²) in [6.07, 6.45) is -8.82. The van der Waals surface area contributed by atoms with Crippen molar-refractivity contribution in [1.29, 1.82) is 0 Å². The van der Waals surface area contributed by atoms with Gasteiger partial charge in [0.1, 0.15) is 16.9 Å². The van der Waals surface area contributed by atoms with Gasteiger partial charge in [0.2, 0.25) is 0 Å². The van der Waals surface area contributed by atoms with Gasteiger partial charge in [-0.05, 0) is 42.3 Å². The molecule has 0 saturated heterocycles. The maximum atomic E-state index is 13.3. The van der Waals surface area contributed by atoms with E-state index in [1.807, 2.05) is 6.92 Å². The van der Waals surface area contributed by atoms with Gasteiger partial charge in [-0.15, -0.1) is 0 Å². The van der Waals surface area contributed by atoms with Crippen molar-refractivity contribution >= 4 is 11.4 Å². The highest BCUT2D eigenvalue weighted by Gasteiger charge is 2.42. The monoisotopic (exact) mass is 392 g/mol. The molecule has 9 heteroatoms. The Kier molecular flexibility index (Phi) is 5.82. The fourth-order valence-corrected chi connectivity index (χ4v) is 2.65. The Morgan fingerprint density at radius 3 is 1.96 bits per heavy atom. The van der Waals surface area contributed by atoms with Crippen LogP contribution in [0.2, 0.25) is 0 Å². The van der Waals surface area contributed by atoms with Crippen LogP contribution in [0.1, 0.15) is 30.0 Å². The lowest BCUT2D eigenvalue weighted by Gasteiger charge is -2.20. The molecule has 0 aliphatic carbocycles. The van der Waals surface area contributed by atoms with E-state index >= 15 is 0 Å². The minimum absolute atomic E-state index is 0.127. The number of ether oxygens (including phenoxy) is 1. The van der Waals surface area contributed by atoms with Gasteiger partial charge in [-0.1, -0.05) is 13.3 Å². The third-order valence-corrected chi connectivity index (χ3v) is 3.81. The van der Waals surface area contributed by atoms with Crippen LogP contribution in [0.5, 0.6) is 11.5 Å². The number of alkyl halides is 6. The summed E-state index contributed by atoms with van der Waals surface area (Å²) in [7, 11) is 1.67. The molecule has 2 aromatic rings. The molecule has 0 heterocycles. The van der Waals surface area contributed by atoms with Crippen LogP contribution in [0.3, 0.4) is 0 Å². The van der Waals surface area contributed by atoms with E-state index in [0.29, 0.717) is 24.2 Å². The number of benzene rings is 2. The molecule has 0 saturated carbocycles. The van der Waals surface area contributed by atoms with E-state index in [2.05, 4.69) is 5.32 Å². The molecule has 0 spiro atoms. The molecule has 0 aromatic heterocycles. The molecule has 0 atom stereocenters. The van der Waals surface area contributed by atoms with Crippen LogP contribution in [0.4, 0.5) is 37.7 Å². The number of nitrogens with one attached hydrogen (secondary N) is 1. The zero-order chi connectivity index (χ0) is 20.4. The summed E-state index contributed by atoms with van der Waals surface area (Å²) in [4.78, 5) is 0.